The van der Waals surface area contributed by atoms with Gasteiger partial charge in [-0.15, -0.1) is 0 Å². The number of hydrogen-bond acceptors (Lipinski definition) is 4. The molecule has 3 aromatic carbocycles. The topological polar surface area (TPSA) is 66.8 Å². The summed E-state index contributed by atoms with van der Waals surface area (Å²) in [6, 6.07) is 22.0. The highest BCUT2D eigenvalue weighted by Gasteiger charge is 2.47. The van der Waals surface area contributed by atoms with Crippen LogP contribution in [0.4, 0.5) is 5.69 Å². The molecular formula is C24H18ClNO4. The third-order valence-electron chi connectivity index (χ3n) is 5.02. The number of nitrogens with zero attached hydrogens (tertiary/aromatic N) is 1. The Morgan fingerprint density at radius 3 is 2.23 bits per heavy atom. The average molecular weight is 420 g/mol. The minimum absolute atomic E-state index is 0.0230. The number of Topliss-reactive ketones (excluding diaryl/α,β-unsaturated/α-hetero) is 1. The van der Waals surface area contributed by atoms with E-state index in [2.05, 4.69) is 0 Å². The van der Waals surface area contributed by atoms with Crippen LogP contribution in [-0.2, 0) is 9.59 Å². The van der Waals surface area contributed by atoms with Crippen LogP contribution in [0, 0.1) is 0 Å². The van der Waals surface area contributed by atoms with Crippen molar-refractivity contribution in [3.8, 4) is 5.75 Å². The molecule has 4 rings (SSSR count). The number of carbonyl (C=O) groups is 2. The van der Waals surface area contributed by atoms with Crippen LogP contribution in [0.25, 0.3) is 5.76 Å². The Morgan fingerprint density at radius 2 is 1.60 bits per heavy atom. The average Bonchev–Trinajstić information content (AvgIpc) is 3.05. The van der Waals surface area contributed by atoms with Gasteiger partial charge in [0.15, 0.2) is 0 Å². The SMILES string of the molecule is COc1ccc(Cl)c(/C(O)=C2\C(=O)C(=O)N(c3ccccc3)C2c2ccccc2)c1. The summed E-state index contributed by atoms with van der Waals surface area (Å²) in [6.45, 7) is 0. The van der Waals surface area contributed by atoms with Crippen molar-refractivity contribution in [2.75, 3.05) is 12.0 Å². The first-order valence-corrected chi connectivity index (χ1v) is 9.65. The highest BCUT2D eigenvalue weighted by Crippen LogP contribution is 2.43. The van der Waals surface area contributed by atoms with E-state index in [1.807, 2.05) is 36.4 Å². The number of aliphatic hydroxyl groups excluding tert-OH is 1. The first-order valence-electron chi connectivity index (χ1n) is 9.28. The number of methoxy groups -OCH3 is 1. The Bertz CT molecular complexity index is 1140. The minimum atomic E-state index is -0.795. The van der Waals surface area contributed by atoms with E-state index < -0.39 is 17.7 Å². The standard InChI is InChI=1S/C24H18ClNO4/c1-30-17-12-13-19(25)18(14-17)22(27)20-21(15-8-4-2-5-9-15)26(24(29)23(20)28)16-10-6-3-7-11-16/h2-14,21,27H,1H3/b22-20+. The van der Waals surface area contributed by atoms with Crippen molar-refractivity contribution in [3.05, 3.63) is 101 Å². The third kappa shape index (κ3) is 3.33. The number of ketones is 1. The van der Waals surface area contributed by atoms with Crippen molar-refractivity contribution in [2.45, 2.75) is 6.04 Å². The fourth-order valence-electron chi connectivity index (χ4n) is 3.60. The highest BCUT2D eigenvalue weighted by atomic mass is 35.5. The fourth-order valence-corrected chi connectivity index (χ4v) is 3.80. The second kappa shape index (κ2) is 8.05. The number of amides is 1. The molecule has 1 saturated heterocycles. The zero-order valence-electron chi connectivity index (χ0n) is 16.1. The van der Waals surface area contributed by atoms with Crippen molar-refractivity contribution >= 4 is 34.7 Å². The fraction of sp³-hybridized carbons (Fsp3) is 0.0833. The van der Waals surface area contributed by atoms with E-state index in [1.54, 1.807) is 36.4 Å². The molecule has 0 aliphatic carbocycles. The van der Waals surface area contributed by atoms with E-state index in [0.29, 0.717) is 17.0 Å². The minimum Gasteiger partial charge on any atom is -0.507 e. The van der Waals surface area contributed by atoms with Gasteiger partial charge in [-0.3, -0.25) is 14.5 Å². The quantitative estimate of drug-likeness (QED) is 0.368. The number of carbonyl (C=O) groups excluding carboxylic acids is 2. The van der Waals surface area contributed by atoms with Gasteiger partial charge >= 0.3 is 0 Å². The van der Waals surface area contributed by atoms with Gasteiger partial charge in [0, 0.05) is 11.3 Å². The summed E-state index contributed by atoms with van der Waals surface area (Å²) >= 11 is 6.30. The van der Waals surface area contributed by atoms with Crippen LogP contribution in [0.1, 0.15) is 17.2 Å². The maximum absolute atomic E-state index is 13.1. The number of hydrogen-bond donors (Lipinski definition) is 1. The van der Waals surface area contributed by atoms with Gasteiger partial charge in [0.2, 0.25) is 0 Å². The molecule has 1 heterocycles. The summed E-state index contributed by atoms with van der Waals surface area (Å²) in [4.78, 5) is 27.5. The van der Waals surface area contributed by atoms with Crippen LogP contribution in [0.3, 0.4) is 0 Å². The predicted molar refractivity (Wildman–Crippen MR) is 116 cm³/mol. The Hall–Kier alpha value is -3.57. The molecule has 0 saturated carbocycles. The van der Waals surface area contributed by atoms with Gasteiger partial charge in [-0.2, -0.15) is 0 Å². The summed E-state index contributed by atoms with van der Waals surface area (Å²) in [5, 5.41) is 11.4. The van der Waals surface area contributed by atoms with Gasteiger partial charge in [0.1, 0.15) is 11.5 Å². The van der Waals surface area contributed by atoms with E-state index >= 15 is 0 Å². The third-order valence-corrected chi connectivity index (χ3v) is 5.35. The number of ether oxygens (including phenoxy) is 1. The molecule has 1 aliphatic heterocycles. The Balaban J connectivity index is 1.97. The lowest BCUT2D eigenvalue weighted by atomic mass is 9.95. The molecule has 1 aliphatic rings. The van der Waals surface area contributed by atoms with E-state index in [1.165, 1.54) is 18.1 Å². The number of aliphatic hydroxyl groups is 1. The van der Waals surface area contributed by atoms with Gasteiger partial charge in [-0.25, -0.2) is 0 Å². The summed E-state index contributed by atoms with van der Waals surface area (Å²) in [7, 11) is 1.49. The molecule has 0 spiro atoms. The lowest BCUT2D eigenvalue weighted by molar-refractivity contribution is -0.132. The van der Waals surface area contributed by atoms with Crippen molar-refractivity contribution in [3.63, 3.8) is 0 Å². The van der Waals surface area contributed by atoms with Gasteiger partial charge < -0.3 is 9.84 Å². The zero-order valence-corrected chi connectivity index (χ0v) is 16.8. The van der Waals surface area contributed by atoms with Crippen LogP contribution in [0.5, 0.6) is 5.75 Å². The van der Waals surface area contributed by atoms with Gasteiger partial charge in [0.25, 0.3) is 11.7 Å². The van der Waals surface area contributed by atoms with Crippen molar-refractivity contribution < 1.29 is 19.4 Å². The van der Waals surface area contributed by atoms with Crippen LogP contribution in [0.2, 0.25) is 5.02 Å². The molecule has 1 fully saturated rings. The number of halogens is 1. The molecule has 6 heteroatoms. The Morgan fingerprint density at radius 1 is 0.967 bits per heavy atom. The predicted octanol–water partition coefficient (Wildman–Crippen LogP) is 4.97. The largest absolute Gasteiger partial charge is 0.507 e. The van der Waals surface area contributed by atoms with Crippen molar-refractivity contribution in [1.82, 2.24) is 0 Å². The molecule has 1 unspecified atom stereocenters. The summed E-state index contributed by atoms with van der Waals surface area (Å²) in [6.07, 6.45) is 0. The maximum atomic E-state index is 13.1. The molecule has 0 bridgehead atoms. The van der Waals surface area contributed by atoms with E-state index in [4.69, 9.17) is 16.3 Å². The Labute approximate surface area is 178 Å². The smallest absolute Gasteiger partial charge is 0.300 e. The molecule has 0 aromatic heterocycles. The van der Waals surface area contributed by atoms with Crippen LogP contribution < -0.4 is 9.64 Å². The van der Waals surface area contributed by atoms with E-state index in [0.717, 1.165) is 0 Å². The molecule has 1 N–H and O–H groups in total. The normalized spacial score (nSPS) is 17.9. The molecule has 30 heavy (non-hydrogen) atoms. The van der Waals surface area contributed by atoms with Crippen molar-refractivity contribution in [1.29, 1.82) is 0 Å². The van der Waals surface area contributed by atoms with Crippen LogP contribution in [-0.4, -0.2) is 23.9 Å². The molecule has 150 valence electrons. The monoisotopic (exact) mass is 419 g/mol. The number of benzene rings is 3. The second-order valence-corrected chi connectivity index (χ2v) is 7.17. The Kier molecular flexibility index (Phi) is 5.29. The zero-order chi connectivity index (χ0) is 21.3. The highest BCUT2D eigenvalue weighted by molar-refractivity contribution is 6.52. The van der Waals surface area contributed by atoms with E-state index in [-0.39, 0.29) is 21.9 Å². The van der Waals surface area contributed by atoms with Crippen molar-refractivity contribution in [2.24, 2.45) is 0 Å². The van der Waals surface area contributed by atoms with Gasteiger partial charge in [-0.1, -0.05) is 60.1 Å². The number of rotatable bonds is 4. The van der Waals surface area contributed by atoms with E-state index in [9.17, 15) is 14.7 Å². The van der Waals surface area contributed by atoms with Gasteiger partial charge in [-0.05, 0) is 35.9 Å². The number of para-hydroxylation sites is 1. The lowest BCUT2D eigenvalue weighted by Gasteiger charge is -2.25. The van der Waals surface area contributed by atoms with Crippen LogP contribution >= 0.6 is 11.6 Å². The molecule has 5 nitrogen and oxygen atoms in total. The summed E-state index contributed by atoms with van der Waals surface area (Å²) < 4.78 is 5.22. The second-order valence-electron chi connectivity index (χ2n) is 6.76. The molecular weight excluding hydrogens is 402 g/mol. The first-order chi connectivity index (χ1) is 14.5. The molecule has 3 aromatic rings. The van der Waals surface area contributed by atoms with Gasteiger partial charge in [0.05, 0.1) is 23.7 Å². The summed E-state index contributed by atoms with van der Waals surface area (Å²) in [5.74, 6) is -1.36. The van der Waals surface area contributed by atoms with Crippen LogP contribution in [0.15, 0.2) is 84.4 Å². The maximum Gasteiger partial charge on any atom is 0.300 e. The number of anilines is 1. The first kappa shape index (κ1) is 19.7. The molecule has 1 atom stereocenters. The molecule has 1 amide bonds. The lowest BCUT2D eigenvalue weighted by Crippen LogP contribution is -2.29. The summed E-state index contributed by atoms with van der Waals surface area (Å²) in [5.41, 5.74) is 1.46. The molecule has 0 radical (unpaired) electrons.